The molecule has 0 radical (unpaired) electrons. The molecule has 340 valence electrons. The zero-order chi connectivity index (χ0) is 48.1. The average molecular weight is 1450 g/mol. The minimum atomic E-state index is -5.34. The first-order valence-electron chi connectivity index (χ1n) is 15.9. The number of fused-ring (bicyclic) bond motifs is 2. The van der Waals surface area contributed by atoms with E-state index in [1.165, 1.54) is 6.07 Å². The largest absolute Gasteiger partial charge is 2.00 e. The maximum Gasteiger partial charge on any atom is 2.00 e. The number of rotatable bonds is 10. The van der Waals surface area contributed by atoms with Crippen molar-refractivity contribution in [1.82, 2.24) is 0 Å². The van der Waals surface area contributed by atoms with Gasteiger partial charge in [-0.15, -0.1) is 0 Å². The van der Waals surface area contributed by atoms with Crippen molar-refractivity contribution in [2.75, 3.05) is 0 Å². The summed E-state index contributed by atoms with van der Waals surface area (Å²) in [6.45, 7) is 0. The summed E-state index contributed by atoms with van der Waals surface area (Å²) < 4.78 is 200. The molecule has 0 aliphatic heterocycles. The van der Waals surface area contributed by atoms with E-state index in [0.717, 1.165) is 66.7 Å². The molecule has 0 bridgehead atoms. The molecule has 0 aliphatic rings. The van der Waals surface area contributed by atoms with Crippen molar-refractivity contribution in [1.29, 1.82) is 0 Å². The van der Waals surface area contributed by atoms with Crippen LogP contribution < -0.4 is 10.2 Å². The van der Waals surface area contributed by atoms with Crippen molar-refractivity contribution in [2.45, 2.75) is 29.4 Å². The molecule has 0 heterocycles. The standard InChI is InChI=1S/2C16H11ClN2O10S3.3Ba/c2*17-12-4-1-9(7-13(12)31(24,25)26)18-19-15-11-3-2-10(30(21,22)23)5-8(11)6-14(16(15)20)32(27,28)29;;;/h2*1-7,20H,(H,21,22,23)(H,24,25,26)(H,27,28,29);;;/q;;3*+2/p-6. The first-order chi connectivity index (χ1) is 29.2. The summed E-state index contributed by atoms with van der Waals surface area (Å²) in [5, 5.41) is 38.0. The fraction of sp³-hybridized carbons (Fsp3) is 0. The third-order valence-corrected chi connectivity index (χ3v) is 14.1. The Morgan fingerprint density at radius 1 is 0.403 bits per heavy atom. The summed E-state index contributed by atoms with van der Waals surface area (Å²) in [4.78, 5) is -5.47. The molecule has 0 amide bonds. The van der Waals surface area contributed by atoms with Gasteiger partial charge in [-0.3, -0.25) is 9.11 Å². The predicted molar refractivity (Wildman–Crippen MR) is 227 cm³/mol. The number of azo groups is 2. The molecule has 6 aromatic rings. The Morgan fingerprint density at radius 3 is 1.10 bits per heavy atom. The zero-order valence-corrected chi connectivity index (χ0v) is 52.2. The van der Waals surface area contributed by atoms with Crippen LogP contribution in [0, 0.1) is 0 Å². The fourth-order valence-electron chi connectivity index (χ4n) is 5.24. The molecule has 0 aromatic heterocycles. The molecule has 67 heavy (non-hydrogen) atoms. The Hall–Kier alpha value is -0.606. The van der Waals surface area contributed by atoms with Crippen LogP contribution in [0.4, 0.5) is 22.7 Å². The van der Waals surface area contributed by atoms with Gasteiger partial charge in [0.25, 0.3) is 20.2 Å². The van der Waals surface area contributed by atoms with Crippen LogP contribution in [0.1, 0.15) is 0 Å². The molecule has 0 aliphatic carbocycles. The first kappa shape index (κ1) is 62.5. The predicted octanol–water partition coefficient (Wildman–Crippen LogP) is 2.93. The van der Waals surface area contributed by atoms with Gasteiger partial charge in [-0.1, -0.05) is 46.8 Å². The van der Waals surface area contributed by atoms with E-state index in [4.69, 9.17) is 23.2 Å². The van der Waals surface area contributed by atoms with Crippen LogP contribution in [0.25, 0.3) is 21.5 Å². The van der Waals surface area contributed by atoms with Crippen LogP contribution in [-0.4, -0.2) is 224 Å². The van der Waals surface area contributed by atoms with Crippen LogP contribution in [-0.2, 0) is 60.7 Å². The van der Waals surface area contributed by atoms with Crippen LogP contribution in [0.15, 0.2) is 135 Å². The summed E-state index contributed by atoms with van der Waals surface area (Å²) in [5.41, 5.74) is -1.86. The number of halogens is 2. The second-order valence-corrected chi connectivity index (χ2v) is 21.3. The van der Waals surface area contributed by atoms with Gasteiger partial charge in [0.2, 0.25) is 0 Å². The third-order valence-electron chi connectivity index (χ3n) is 8.04. The van der Waals surface area contributed by atoms with Crippen LogP contribution >= 0.6 is 23.2 Å². The Bertz CT molecular complexity index is 3490. The third kappa shape index (κ3) is 15.7. The number of benzene rings is 6. The van der Waals surface area contributed by atoms with Gasteiger partial charge in [0.1, 0.15) is 45.4 Å². The quantitative estimate of drug-likeness (QED) is 0.113. The van der Waals surface area contributed by atoms with Crippen molar-refractivity contribution in [3.63, 3.8) is 0 Å². The maximum atomic E-state index is 12.6. The Balaban J connectivity index is 0.000000440. The molecule has 0 atom stereocenters. The molecule has 0 saturated carbocycles. The van der Waals surface area contributed by atoms with Crippen molar-refractivity contribution in [3.05, 3.63) is 95.0 Å². The van der Waals surface area contributed by atoms with E-state index in [2.05, 4.69) is 20.5 Å². The molecule has 0 saturated heterocycles. The van der Waals surface area contributed by atoms with Crippen molar-refractivity contribution >= 4 is 275 Å². The maximum absolute atomic E-state index is 12.6. The first-order valence-corrected chi connectivity index (χ1v) is 25.2. The summed E-state index contributed by atoms with van der Waals surface area (Å²) >= 11 is 11.3. The molecular formula is C32H16Ba3Cl2N4O20S6. The topological polar surface area (TPSA) is 433 Å². The average Bonchev–Trinajstić information content (AvgIpc) is 3.15. The van der Waals surface area contributed by atoms with E-state index >= 15 is 0 Å². The summed E-state index contributed by atoms with van der Waals surface area (Å²) in [5.74, 6) is -2.68. The number of hydrogen-bond acceptors (Lipinski definition) is 22. The normalized spacial score (nSPS) is 12.5. The summed E-state index contributed by atoms with van der Waals surface area (Å²) in [6, 6.07) is 12.4. The van der Waals surface area contributed by atoms with Gasteiger partial charge in [-0.25, -0.2) is 33.7 Å². The van der Waals surface area contributed by atoms with Gasteiger partial charge in [0.05, 0.1) is 52.4 Å². The van der Waals surface area contributed by atoms with Gasteiger partial charge in [-0.2, -0.15) is 37.3 Å². The van der Waals surface area contributed by atoms with E-state index in [0.29, 0.717) is 12.1 Å². The monoisotopic (exact) mass is 1450 g/mol. The van der Waals surface area contributed by atoms with Gasteiger partial charge < -0.3 is 28.4 Å². The van der Waals surface area contributed by atoms with Gasteiger partial charge >= 0.3 is 147 Å². The summed E-state index contributed by atoms with van der Waals surface area (Å²) in [6.07, 6.45) is 0. The molecule has 6 aromatic carbocycles. The van der Waals surface area contributed by atoms with Crippen molar-refractivity contribution in [3.8, 4) is 11.5 Å². The minimum Gasteiger partial charge on any atom is -0.870 e. The van der Waals surface area contributed by atoms with E-state index < -0.39 is 118 Å². The fourth-order valence-corrected chi connectivity index (χ4v) is 9.42. The second-order valence-electron chi connectivity index (χ2n) is 12.3. The Morgan fingerprint density at radius 2 is 0.746 bits per heavy atom. The molecular weight excluding hydrogens is 1440 g/mol. The van der Waals surface area contributed by atoms with Gasteiger partial charge in [0, 0.05) is 15.7 Å². The van der Waals surface area contributed by atoms with E-state index in [-0.39, 0.29) is 185 Å². The van der Waals surface area contributed by atoms with Crippen LogP contribution in [0.5, 0.6) is 11.5 Å². The molecule has 2 N–H and O–H groups in total. The van der Waals surface area contributed by atoms with Crippen LogP contribution in [0.2, 0.25) is 10.0 Å². The molecule has 35 heteroatoms. The molecule has 0 fully saturated rings. The Kier molecular flexibility index (Phi) is 21.9. The summed E-state index contributed by atoms with van der Waals surface area (Å²) in [7, 11) is -30.0. The van der Waals surface area contributed by atoms with E-state index in [1.54, 1.807) is 0 Å². The van der Waals surface area contributed by atoms with Crippen LogP contribution in [0.3, 0.4) is 0 Å². The number of hydrogen-bond donors (Lipinski definition) is 2. The van der Waals surface area contributed by atoms with Gasteiger partial charge in [-0.05, 0) is 83.6 Å². The van der Waals surface area contributed by atoms with Crippen molar-refractivity contribution in [2.24, 2.45) is 20.5 Å². The Labute approximate surface area is 510 Å². The molecule has 0 unspecified atom stereocenters. The SMILES string of the molecule is O=S(=O)([O-])c1ccc2c(N=Nc3ccc(Cl)c(S(=O)(=O)O)c3)c([O-])c(S(=O)(=O)O)cc2c1.O=S(=O)([O-])c1ccc2c(N=Nc3ccc(Cl)c(S(=O)(=O)[O-])c3)c([O-])c(S(=O)(=O)[O-])cc2c1.[Ba+2].[Ba+2].[Ba+2]. The zero-order valence-electron chi connectivity index (χ0n) is 32.4. The molecule has 0 spiro atoms. The van der Waals surface area contributed by atoms with E-state index in [1.807, 2.05) is 0 Å². The van der Waals surface area contributed by atoms with Gasteiger partial charge in [0.15, 0.2) is 0 Å². The molecule has 24 nitrogen and oxygen atoms in total. The second kappa shape index (κ2) is 23.5. The van der Waals surface area contributed by atoms with Crippen molar-refractivity contribution < 1.29 is 88.0 Å². The molecule has 6 rings (SSSR count). The smallest absolute Gasteiger partial charge is 0.870 e. The van der Waals surface area contributed by atoms with E-state index in [9.17, 15) is 88.0 Å². The number of nitrogens with zero attached hydrogens (tertiary/aromatic N) is 4. The minimum absolute atomic E-state index is 0.